The maximum Gasteiger partial charge on any atom is 0.243 e. The zero-order valence-electron chi connectivity index (χ0n) is 25.8. The van der Waals surface area contributed by atoms with Crippen molar-refractivity contribution in [3.05, 3.63) is 101 Å². The molecule has 1 aliphatic carbocycles. The van der Waals surface area contributed by atoms with Crippen LogP contribution < -0.4 is 9.62 Å². The number of hydrogen-bond donors (Lipinski definition) is 1. The van der Waals surface area contributed by atoms with E-state index in [4.69, 9.17) is 0 Å². The van der Waals surface area contributed by atoms with E-state index in [1.54, 1.807) is 30.3 Å². The number of aryl methyl sites for hydroxylation is 1. The van der Waals surface area contributed by atoms with E-state index in [1.807, 2.05) is 49.4 Å². The minimum Gasteiger partial charge on any atom is -0.352 e. The van der Waals surface area contributed by atoms with Crippen LogP contribution in [-0.2, 0) is 39.0 Å². The number of rotatable bonds is 14. The molecular formula is C35H44FN3O4S. The van der Waals surface area contributed by atoms with Crippen LogP contribution in [0.5, 0.6) is 0 Å². The van der Waals surface area contributed by atoms with Crippen LogP contribution in [0.4, 0.5) is 10.1 Å². The van der Waals surface area contributed by atoms with Gasteiger partial charge in [-0.05, 0) is 55.0 Å². The number of nitrogens with zero attached hydrogens (tertiary/aromatic N) is 2. The Morgan fingerprint density at radius 3 is 2.20 bits per heavy atom. The number of anilines is 1. The van der Waals surface area contributed by atoms with E-state index >= 15 is 0 Å². The van der Waals surface area contributed by atoms with Crippen LogP contribution in [0.2, 0.25) is 0 Å². The maximum atomic E-state index is 14.9. The lowest BCUT2D eigenvalue weighted by Gasteiger charge is -2.34. The normalized spacial score (nSPS) is 14.5. The van der Waals surface area contributed by atoms with Gasteiger partial charge in [-0.25, -0.2) is 12.8 Å². The lowest BCUT2D eigenvalue weighted by Crippen LogP contribution is -2.53. The van der Waals surface area contributed by atoms with Crippen molar-refractivity contribution < 1.29 is 22.4 Å². The Bertz CT molecular complexity index is 1480. The molecule has 9 heteroatoms. The molecule has 44 heavy (non-hydrogen) atoms. The van der Waals surface area contributed by atoms with Gasteiger partial charge >= 0.3 is 0 Å². The van der Waals surface area contributed by atoms with Crippen molar-refractivity contribution in [2.75, 3.05) is 17.1 Å². The summed E-state index contributed by atoms with van der Waals surface area (Å²) in [6.45, 7) is 2.05. The number of hydrogen-bond acceptors (Lipinski definition) is 4. The monoisotopic (exact) mass is 621 g/mol. The van der Waals surface area contributed by atoms with Gasteiger partial charge in [-0.2, -0.15) is 0 Å². The van der Waals surface area contributed by atoms with Gasteiger partial charge < -0.3 is 10.2 Å². The predicted molar refractivity (Wildman–Crippen MR) is 173 cm³/mol. The summed E-state index contributed by atoms with van der Waals surface area (Å²) >= 11 is 0. The molecule has 0 aromatic heterocycles. The van der Waals surface area contributed by atoms with Crippen molar-refractivity contribution in [3.8, 4) is 0 Å². The second-order valence-corrected chi connectivity index (χ2v) is 13.5. The first-order valence-electron chi connectivity index (χ1n) is 15.6. The third-order valence-electron chi connectivity index (χ3n) is 8.31. The van der Waals surface area contributed by atoms with Gasteiger partial charge in [0.05, 0.1) is 11.9 Å². The second-order valence-electron chi connectivity index (χ2n) is 11.6. The second kappa shape index (κ2) is 15.8. The summed E-state index contributed by atoms with van der Waals surface area (Å²) in [4.78, 5) is 29.4. The molecular weight excluding hydrogens is 577 g/mol. The molecule has 1 unspecified atom stereocenters. The highest BCUT2D eigenvalue weighted by Crippen LogP contribution is 2.23. The van der Waals surface area contributed by atoms with E-state index < -0.39 is 21.9 Å². The largest absolute Gasteiger partial charge is 0.352 e. The fraction of sp³-hybridized carbons (Fsp3) is 0.429. The van der Waals surface area contributed by atoms with Crippen molar-refractivity contribution in [2.24, 2.45) is 0 Å². The van der Waals surface area contributed by atoms with Gasteiger partial charge in [0.25, 0.3) is 0 Å². The van der Waals surface area contributed by atoms with Crippen LogP contribution in [0.15, 0.2) is 78.9 Å². The highest BCUT2D eigenvalue weighted by molar-refractivity contribution is 7.92. The average molecular weight is 622 g/mol. The summed E-state index contributed by atoms with van der Waals surface area (Å²) in [5.41, 5.74) is 2.84. The molecule has 1 saturated carbocycles. The molecule has 0 saturated heterocycles. The fourth-order valence-electron chi connectivity index (χ4n) is 5.81. The lowest BCUT2D eigenvalue weighted by atomic mass is 9.94. The zero-order valence-corrected chi connectivity index (χ0v) is 26.6. The summed E-state index contributed by atoms with van der Waals surface area (Å²) in [5.74, 6) is -1.03. The SMILES string of the molecule is CCc1ccc(N(CCCC(=O)N(Cc2ccccc2F)C(Cc2ccccc2)C(=O)NC2CCCCC2)S(C)(=O)=O)cc1. The number of halogens is 1. The van der Waals surface area contributed by atoms with Gasteiger partial charge in [0.1, 0.15) is 11.9 Å². The number of nitrogens with one attached hydrogen (secondary N) is 1. The van der Waals surface area contributed by atoms with Crippen molar-refractivity contribution >= 4 is 27.5 Å². The molecule has 2 amide bonds. The Kier molecular flexibility index (Phi) is 11.9. The predicted octanol–water partition coefficient (Wildman–Crippen LogP) is 6.02. The van der Waals surface area contributed by atoms with E-state index in [2.05, 4.69) is 5.32 Å². The van der Waals surface area contributed by atoms with Crippen molar-refractivity contribution in [2.45, 2.75) is 83.3 Å². The number of carbonyl (C=O) groups excluding carboxylic acids is 2. The Morgan fingerprint density at radius 2 is 1.57 bits per heavy atom. The van der Waals surface area contributed by atoms with Gasteiger partial charge in [0, 0.05) is 37.5 Å². The maximum absolute atomic E-state index is 14.9. The van der Waals surface area contributed by atoms with Gasteiger partial charge in [-0.1, -0.05) is 86.8 Å². The van der Waals surface area contributed by atoms with Crippen LogP contribution in [0.3, 0.4) is 0 Å². The molecule has 3 aromatic carbocycles. The fourth-order valence-corrected chi connectivity index (χ4v) is 6.78. The first-order chi connectivity index (χ1) is 21.2. The molecule has 0 aliphatic heterocycles. The first-order valence-corrected chi connectivity index (χ1v) is 17.4. The summed E-state index contributed by atoms with van der Waals surface area (Å²) in [6, 6.07) is 22.3. The van der Waals surface area contributed by atoms with Gasteiger partial charge in [0.2, 0.25) is 21.8 Å². The molecule has 1 aliphatic rings. The first kappa shape index (κ1) is 33.2. The van der Waals surface area contributed by atoms with Crippen molar-refractivity contribution in [1.82, 2.24) is 10.2 Å². The highest BCUT2D eigenvalue weighted by atomic mass is 32.2. The summed E-state index contributed by atoms with van der Waals surface area (Å²) in [5, 5.41) is 3.19. The smallest absolute Gasteiger partial charge is 0.243 e. The Balaban J connectivity index is 1.58. The Labute approximate surface area is 261 Å². The highest BCUT2D eigenvalue weighted by Gasteiger charge is 2.32. The molecule has 3 aromatic rings. The molecule has 1 fully saturated rings. The quantitative estimate of drug-likeness (QED) is 0.239. The van der Waals surface area contributed by atoms with Crippen LogP contribution in [0, 0.1) is 5.82 Å². The van der Waals surface area contributed by atoms with Crippen LogP contribution in [-0.4, -0.2) is 50.0 Å². The van der Waals surface area contributed by atoms with Crippen LogP contribution in [0.1, 0.15) is 68.6 Å². The molecule has 1 N–H and O–H groups in total. The molecule has 1 atom stereocenters. The number of sulfonamides is 1. The molecule has 0 heterocycles. The minimum atomic E-state index is -3.60. The molecule has 236 valence electrons. The standard InChI is InChI=1S/C35H44FN3O4S/c1-3-27-20-22-31(23-21-27)39(44(2,42)43)24-12-19-34(40)38(26-29-15-10-11-18-32(29)36)33(25-28-13-6-4-7-14-28)35(41)37-30-16-8-5-9-17-30/h4,6-7,10-11,13-15,18,20-23,30,33H,3,5,8-9,12,16-17,19,24-26H2,1-2H3,(H,37,41). The van der Waals surface area contributed by atoms with Gasteiger partial charge in [-0.15, -0.1) is 0 Å². The topological polar surface area (TPSA) is 86.8 Å². The average Bonchev–Trinajstić information content (AvgIpc) is 3.02. The van der Waals surface area contributed by atoms with Crippen LogP contribution in [0.25, 0.3) is 0 Å². The third kappa shape index (κ3) is 9.39. The summed E-state index contributed by atoms with van der Waals surface area (Å²) in [7, 11) is -3.60. The number of benzene rings is 3. The third-order valence-corrected chi connectivity index (χ3v) is 9.50. The minimum absolute atomic E-state index is 0.00445. The van der Waals surface area contributed by atoms with E-state index in [9.17, 15) is 22.4 Å². The van der Waals surface area contributed by atoms with E-state index in [0.717, 1.165) is 55.9 Å². The summed E-state index contributed by atoms with van der Waals surface area (Å²) in [6.07, 6.45) is 7.52. The molecule has 0 bridgehead atoms. The van der Waals surface area contributed by atoms with E-state index in [-0.39, 0.29) is 50.2 Å². The van der Waals surface area contributed by atoms with Gasteiger partial charge in [-0.3, -0.25) is 13.9 Å². The molecule has 4 rings (SSSR count). The zero-order chi connectivity index (χ0) is 31.5. The van der Waals surface area contributed by atoms with Crippen molar-refractivity contribution in [1.29, 1.82) is 0 Å². The molecule has 0 spiro atoms. The Morgan fingerprint density at radius 1 is 0.909 bits per heavy atom. The summed E-state index contributed by atoms with van der Waals surface area (Å²) < 4.78 is 41.6. The molecule has 7 nitrogen and oxygen atoms in total. The lowest BCUT2D eigenvalue weighted by molar-refractivity contribution is -0.141. The van der Waals surface area contributed by atoms with Crippen molar-refractivity contribution in [3.63, 3.8) is 0 Å². The number of carbonyl (C=O) groups is 2. The van der Waals surface area contributed by atoms with Crippen LogP contribution >= 0.6 is 0 Å². The number of amides is 2. The van der Waals surface area contributed by atoms with E-state index in [0.29, 0.717) is 11.3 Å². The Hall–Kier alpha value is -3.72. The van der Waals surface area contributed by atoms with Gasteiger partial charge in [0.15, 0.2) is 0 Å². The van der Waals surface area contributed by atoms with E-state index in [1.165, 1.54) is 15.3 Å². The molecule has 0 radical (unpaired) electrons.